The van der Waals surface area contributed by atoms with Crippen LogP contribution in [0.5, 0.6) is 0 Å². The van der Waals surface area contributed by atoms with Crippen LogP contribution in [-0.2, 0) is 10.0 Å². The number of aromatic carboxylic acids is 1. The van der Waals surface area contributed by atoms with Crippen molar-refractivity contribution in [3.8, 4) is 0 Å². The molecule has 1 aromatic rings. The molecular weight excluding hydrogens is 302 g/mol. The Hall–Kier alpha value is -0.960. The van der Waals surface area contributed by atoms with E-state index < -0.39 is 22.1 Å². The Kier molecular flexibility index (Phi) is 3.36. The van der Waals surface area contributed by atoms with Crippen molar-refractivity contribution in [3.05, 3.63) is 16.3 Å². The van der Waals surface area contributed by atoms with Gasteiger partial charge >= 0.3 is 5.97 Å². The molecule has 0 spiro atoms. The highest BCUT2D eigenvalue weighted by atomic mass is 32.2. The number of sulfonamides is 1. The van der Waals surface area contributed by atoms with E-state index in [1.54, 1.807) is 0 Å². The highest BCUT2D eigenvalue weighted by Crippen LogP contribution is 2.40. The first-order valence-electron chi connectivity index (χ1n) is 6.43. The van der Waals surface area contributed by atoms with Crippen LogP contribution in [0, 0.1) is 0 Å². The van der Waals surface area contributed by atoms with Gasteiger partial charge in [0.2, 0.25) is 10.0 Å². The van der Waals surface area contributed by atoms with Crippen LogP contribution in [0.15, 0.2) is 16.3 Å². The van der Waals surface area contributed by atoms with Gasteiger partial charge in [-0.1, -0.05) is 0 Å². The molecule has 2 saturated heterocycles. The minimum atomic E-state index is -3.80. The second-order valence-electron chi connectivity index (χ2n) is 5.26. The number of carboxylic acid groups (broad SMARTS) is 1. The molecule has 3 rings (SSSR count). The average Bonchev–Trinajstić information content (AvgIpc) is 2.94. The Balaban J connectivity index is 2.01. The SMILES string of the molecule is O=C(O)c1sccc1S(=O)(=O)N1C2CCC1CC(O)C2. The van der Waals surface area contributed by atoms with Crippen molar-refractivity contribution in [3.63, 3.8) is 0 Å². The number of carbonyl (C=O) groups is 1. The fraction of sp³-hybridized carbons (Fsp3) is 0.583. The molecule has 2 bridgehead atoms. The number of aliphatic hydroxyl groups is 1. The van der Waals surface area contributed by atoms with Gasteiger partial charge < -0.3 is 10.2 Å². The van der Waals surface area contributed by atoms with Crippen molar-refractivity contribution in [1.82, 2.24) is 4.31 Å². The van der Waals surface area contributed by atoms with Gasteiger partial charge in [0.15, 0.2) is 0 Å². The third-order valence-corrected chi connectivity index (χ3v) is 7.10. The fourth-order valence-electron chi connectivity index (χ4n) is 3.27. The minimum absolute atomic E-state index is 0.122. The number of piperidine rings is 1. The number of hydrogen-bond donors (Lipinski definition) is 2. The highest BCUT2D eigenvalue weighted by molar-refractivity contribution is 7.89. The first kappa shape index (κ1) is 14.0. The molecule has 8 heteroatoms. The quantitative estimate of drug-likeness (QED) is 0.871. The lowest BCUT2D eigenvalue weighted by Gasteiger charge is -2.35. The fourth-order valence-corrected chi connectivity index (χ4v) is 6.40. The van der Waals surface area contributed by atoms with Crippen LogP contribution in [0.3, 0.4) is 0 Å². The molecule has 2 atom stereocenters. The Morgan fingerprint density at radius 1 is 1.30 bits per heavy atom. The van der Waals surface area contributed by atoms with E-state index in [1.165, 1.54) is 15.8 Å². The smallest absolute Gasteiger partial charge is 0.347 e. The Morgan fingerprint density at radius 2 is 1.90 bits per heavy atom. The largest absolute Gasteiger partial charge is 0.477 e. The van der Waals surface area contributed by atoms with Crippen molar-refractivity contribution in [1.29, 1.82) is 0 Å². The number of fused-ring (bicyclic) bond motifs is 2. The number of rotatable bonds is 3. The van der Waals surface area contributed by atoms with Gasteiger partial charge in [0.05, 0.1) is 6.10 Å². The summed E-state index contributed by atoms with van der Waals surface area (Å²) in [5, 5.41) is 20.3. The van der Waals surface area contributed by atoms with Gasteiger partial charge in [0.25, 0.3) is 0 Å². The monoisotopic (exact) mass is 317 g/mol. The van der Waals surface area contributed by atoms with Crippen molar-refractivity contribution < 1.29 is 23.4 Å². The molecule has 2 fully saturated rings. The number of thiophene rings is 1. The van der Waals surface area contributed by atoms with Gasteiger partial charge in [-0.25, -0.2) is 13.2 Å². The Labute approximate surface area is 120 Å². The molecule has 1 aromatic heterocycles. The minimum Gasteiger partial charge on any atom is -0.477 e. The number of hydrogen-bond acceptors (Lipinski definition) is 5. The summed E-state index contributed by atoms with van der Waals surface area (Å²) >= 11 is 0.917. The molecule has 6 nitrogen and oxygen atoms in total. The second-order valence-corrected chi connectivity index (χ2v) is 7.99. The van der Waals surface area contributed by atoms with Crippen LogP contribution in [0.2, 0.25) is 0 Å². The number of carboxylic acids is 1. The summed E-state index contributed by atoms with van der Waals surface area (Å²) in [6.45, 7) is 0. The summed E-state index contributed by atoms with van der Waals surface area (Å²) in [5.41, 5.74) is 0. The molecule has 2 N–H and O–H groups in total. The van der Waals surface area contributed by atoms with Crippen molar-refractivity contribution in [2.45, 2.75) is 48.8 Å². The average molecular weight is 317 g/mol. The van der Waals surface area contributed by atoms with Gasteiger partial charge in [-0.3, -0.25) is 0 Å². The second kappa shape index (κ2) is 4.80. The molecule has 2 unspecified atom stereocenters. The number of aliphatic hydroxyl groups excluding tert-OH is 1. The maximum atomic E-state index is 12.7. The third-order valence-electron chi connectivity index (χ3n) is 4.02. The summed E-state index contributed by atoms with van der Waals surface area (Å²) in [6.07, 6.45) is 1.87. The Bertz CT molecular complexity index is 624. The highest BCUT2D eigenvalue weighted by Gasteiger charge is 2.47. The summed E-state index contributed by atoms with van der Waals surface area (Å²) in [5.74, 6) is -1.22. The molecule has 2 aliphatic rings. The molecular formula is C12H15NO5S2. The predicted molar refractivity (Wildman–Crippen MR) is 72.4 cm³/mol. The van der Waals surface area contributed by atoms with Crippen LogP contribution < -0.4 is 0 Å². The summed E-state index contributed by atoms with van der Waals surface area (Å²) in [7, 11) is -3.80. The molecule has 0 amide bonds. The number of nitrogens with zero attached hydrogens (tertiary/aromatic N) is 1. The van der Waals surface area contributed by atoms with E-state index in [2.05, 4.69) is 0 Å². The van der Waals surface area contributed by atoms with Crippen LogP contribution in [-0.4, -0.2) is 47.1 Å². The van der Waals surface area contributed by atoms with Crippen LogP contribution in [0.1, 0.15) is 35.4 Å². The van der Waals surface area contributed by atoms with Crippen molar-refractivity contribution in [2.24, 2.45) is 0 Å². The van der Waals surface area contributed by atoms with E-state index in [1.807, 2.05) is 0 Å². The zero-order valence-electron chi connectivity index (χ0n) is 10.6. The standard InChI is InChI=1S/C12H15NO5S2/c14-9-5-7-1-2-8(6-9)13(7)20(17,18)10-3-4-19-11(10)12(15)16/h3-4,7-9,14H,1-2,5-6H2,(H,15,16). The zero-order chi connectivity index (χ0) is 14.5. The van der Waals surface area contributed by atoms with E-state index in [-0.39, 0.29) is 21.9 Å². The van der Waals surface area contributed by atoms with E-state index in [4.69, 9.17) is 5.11 Å². The van der Waals surface area contributed by atoms with E-state index in [9.17, 15) is 18.3 Å². The molecule has 0 aliphatic carbocycles. The summed E-state index contributed by atoms with van der Waals surface area (Å²) in [4.78, 5) is 10.9. The molecule has 2 aliphatic heterocycles. The lowest BCUT2D eigenvalue weighted by molar-refractivity contribution is 0.0692. The predicted octanol–water partition coefficient (Wildman–Crippen LogP) is 1.12. The first-order valence-corrected chi connectivity index (χ1v) is 8.75. The zero-order valence-corrected chi connectivity index (χ0v) is 12.2. The summed E-state index contributed by atoms with van der Waals surface area (Å²) in [6, 6.07) is 0.930. The lowest BCUT2D eigenvalue weighted by Crippen LogP contribution is -2.47. The molecule has 110 valence electrons. The van der Waals surface area contributed by atoms with Gasteiger partial charge in [0.1, 0.15) is 9.77 Å². The third kappa shape index (κ3) is 2.07. The van der Waals surface area contributed by atoms with Crippen molar-refractivity contribution >= 4 is 27.3 Å². The lowest BCUT2D eigenvalue weighted by atomic mass is 10.0. The Morgan fingerprint density at radius 3 is 2.45 bits per heavy atom. The van der Waals surface area contributed by atoms with Gasteiger partial charge in [-0.05, 0) is 37.1 Å². The van der Waals surface area contributed by atoms with E-state index >= 15 is 0 Å². The van der Waals surface area contributed by atoms with Crippen LogP contribution in [0.25, 0.3) is 0 Å². The first-order chi connectivity index (χ1) is 9.41. The van der Waals surface area contributed by atoms with Crippen molar-refractivity contribution in [2.75, 3.05) is 0 Å². The maximum absolute atomic E-state index is 12.7. The molecule has 3 heterocycles. The van der Waals surface area contributed by atoms with Gasteiger partial charge in [-0.2, -0.15) is 4.31 Å². The van der Waals surface area contributed by atoms with Crippen LogP contribution >= 0.6 is 11.3 Å². The van der Waals surface area contributed by atoms with Crippen LogP contribution in [0.4, 0.5) is 0 Å². The topological polar surface area (TPSA) is 94.9 Å². The summed E-state index contributed by atoms with van der Waals surface area (Å²) < 4.78 is 26.9. The normalized spacial score (nSPS) is 30.6. The van der Waals surface area contributed by atoms with E-state index in [0.717, 1.165) is 24.2 Å². The molecule has 0 radical (unpaired) electrons. The molecule has 20 heavy (non-hydrogen) atoms. The van der Waals surface area contributed by atoms with Gasteiger partial charge in [0, 0.05) is 12.1 Å². The molecule has 0 saturated carbocycles. The maximum Gasteiger partial charge on any atom is 0.347 e. The van der Waals surface area contributed by atoms with E-state index in [0.29, 0.717) is 12.8 Å². The van der Waals surface area contributed by atoms with Gasteiger partial charge in [-0.15, -0.1) is 11.3 Å². The molecule has 0 aromatic carbocycles.